The number of aliphatic hydroxyl groups is 1. The third kappa shape index (κ3) is 3.54. The number of hydrogen-bond acceptors (Lipinski definition) is 5. The molecule has 0 bridgehead atoms. The van der Waals surface area contributed by atoms with Crippen LogP contribution in [0.25, 0.3) is 0 Å². The van der Waals surface area contributed by atoms with Gasteiger partial charge < -0.3 is 14.9 Å². The first-order valence-electron chi connectivity index (χ1n) is 6.12. The maximum atomic E-state index is 11.8. The van der Waals surface area contributed by atoms with Gasteiger partial charge in [0.15, 0.2) is 5.82 Å². The Hall–Kier alpha value is -1.40. The number of β-amino-alcohol motifs (C(OH)–C–C–N with tert-alkyl or cyclic N) is 1. The molecule has 1 aromatic rings. The summed E-state index contributed by atoms with van der Waals surface area (Å²) < 4.78 is 4.87. The van der Waals surface area contributed by atoms with E-state index >= 15 is 0 Å². The second-order valence-corrected chi connectivity index (χ2v) is 5.18. The molecule has 0 saturated carbocycles. The summed E-state index contributed by atoms with van der Waals surface area (Å²) in [6.45, 7) is 5.20. The zero-order valence-corrected chi connectivity index (χ0v) is 10.8. The molecule has 1 unspecified atom stereocenters. The molecule has 6 nitrogen and oxygen atoms in total. The van der Waals surface area contributed by atoms with Gasteiger partial charge in [-0.2, -0.15) is 0 Å². The van der Waals surface area contributed by atoms with Crippen molar-refractivity contribution in [1.29, 1.82) is 0 Å². The lowest BCUT2D eigenvalue weighted by Gasteiger charge is -2.36. The summed E-state index contributed by atoms with van der Waals surface area (Å²) in [4.78, 5) is 13.7. The third-order valence-electron chi connectivity index (χ3n) is 3.02. The van der Waals surface area contributed by atoms with Crippen LogP contribution in [0.3, 0.4) is 0 Å². The van der Waals surface area contributed by atoms with Gasteiger partial charge in [0, 0.05) is 12.6 Å². The molecule has 2 N–H and O–H groups in total. The highest BCUT2D eigenvalue weighted by molar-refractivity contribution is 5.91. The van der Waals surface area contributed by atoms with Crippen molar-refractivity contribution in [3.8, 4) is 0 Å². The van der Waals surface area contributed by atoms with Crippen LogP contribution in [0.4, 0.5) is 5.82 Å². The fourth-order valence-corrected chi connectivity index (χ4v) is 2.27. The van der Waals surface area contributed by atoms with Crippen molar-refractivity contribution >= 4 is 11.7 Å². The van der Waals surface area contributed by atoms with E-state index < -0.39 is 5.60 Å². The Balaban J connectivity index is 1.84. The molecule has 18 heavy (non-hydrogen) atoms. The lowest BCUT2D eigenvalue weighted by molar-refractivity contribution is -0.118. The zero-order chi connectivity index (χ0) is 13.2. The Kier molecular flexibility index (Phi) is 3.68. The van der Waals surface area contributed by atoms with E-state index in [0.717, 1.165) is 19.4 Å². The van der Waals surface area contributed by atoms with E-state index in [1.165, 1.54) is 0 Å². The van der Waals surface area contributed by atoms with Gasteiger partial charge in [-0.15, -0.1) is 0 Å². The predicted molar refractivity (Wildman–Crippen MR) is 66.2 cm³/mol. The number of aromatic nitrogens is 1. The molecule has 100 valence electrons. The summed E-state index contributed by atoms with van der Waals surface area (Å²) in [5, 5.41) is 16.3. The second kappa shape index (κ2) is 5.07. The topological polar surface area (TPSA) is 78.6 Å². The Morgan fingerprint density at radius 1 is 1.72 bits per heavy atom. The lowest BCUT2D eigenvalue weighted by Crippen LogP contribution is -2.48. The Labute approximate surface area is 106 Å². The van der Waals surface area contributed by atoms with Crippen LogP contribution in [0.15, 0.2) is 10.6 Å². The second-order valence-electron chi connectivity index (χ2n) is 5.18. The van der Waals surface area contributed by atoms with Gasteiger partial charge in [-0.1, -0.05) is 5.16 Å². The van der Waals surface area contributed by atoms with Crippen molar-refractivity contribution in [1.82, 2.24) is 10.1 Å². The van der Waals surface area contributed by atoms with Crippen molar-refractivity contribution in [3.05, 3.63) is 11.8 Å². The van der Waals surface area contributed by atoms with Crippen LogP contribution in [-0.2, 0) is 4.79 Å². The number of nitrogens with zero attached hydrogens (tertiary/aromatic N) is 2. The molecule has 0 aliphatic carbocycles. The molecule has 2 rings (SSSR count). The van der Waals surface area contributed by atoms with Gasteiger partial charge >= 0.3 is 0 Å². The molecule has 1 aliphatic heterocycles. The molecule has 0 aromatic carbocycles. The van der Waals surface area contributed by atoms with Crippen LogP contribution in [0, 0.1) is 6.92 Å². The Morgan fingerprint density at radius 3 is 3.11 bits per heavy atom. The van der Waals surface area contributed by atoms with Gasteiger partial charge in [-0.25, -0.2) is 0 Å². The minimum atomic E-state index is -0.691. The van der Waals surface area contributed by atoms with E-state index in [9.17, 15) is 9.90 Å². The number of carbonyl (C=O) groups excluding carboxylic acids is 1. The van der Waals surface area contributed by atoms with E-state index in [-0.39, 0.29) is 12.5 Å². The molecule has 1 fully saturated rings. The van der Waals surface area contributed by atoms with Crippen molar-refractivity contribution < 1.29 is 14.4 Å². The highest BCUT2D eigenvalue weighted by Gasteiger charge is 2.29. The summed E-state index contributed by atoms with van der Waals surface area (Å²) in [5.41, 5.74) is -0.691. The molecule has 2 heterocycles. The van der Waals surface area contributed by atoms with E-state index in [4.69, 9.17) is 4.52 Å². The standard InChI is InChI=1S/C12H19N3O3/c1-9-6-10(14-18-9)13-11(16)7-15-5-3-4-12(2,17)8-15/h6,17H,3-5,7-8H2,1-2H3,(H,13,14,16). The molecule has 0 spiro atoms. The van der Waals surface area contributed by atoms with E-state index in [1.807, 2.05) is 4.90 Å². The molecule has 1 aliphatic rings. The average Bonchev–Trinajstić information content (AvgIpc) is 2.62. The number of hydrogen-bond donors (Lipinski definition) is 2. The first-order chi connectivity index (χ1) is 8.44. The predicted octanol–water partition coefficient (Wildman–Crippen LogP) is 0.768. The summed E-state index contributed by atoms with van der Waals surface area (Å²) in [7, 11) is 0. The molecule has 1 aromatic heterocycles. The third-order valence-corrected chi connectivity index (χ3v) is 3.02. The number of anilines is 1. The van der Waals surface area contributed by atoms with E-state index in [1.54, 1.807) is 19.9 Å². The number of likely N-dealkylation sites (tertiary alicyclic amines) is 1. The number of amides is 1. The highest BCUT2D eigenvalue weighted by Crippen LogP contribution is 2.19. The van der Waals surface area contributed by atoms with Gasteiger partial charge in [0.1, 0.15) is 5.76 Å². The van der Waals surface area contributed by atoms with Crippen LogP contribution in [-0.4, -0.2) is 46.3 Å². The van der Waals surface area contributed by atoms with Gasteiger partial charge in [0.2, 0.25) is 5.91 Å². The molecular formula is C12H19N3O3. The van der Waals surface area contributed by atoms with Gasteiger partial charge in [0.25, 0.3) is 0 Å². The van der Waals surface area contributed by atoms with Crippen LogP contribution >= 0.6 is 0 Å². The van der Waals surface area contributed by atoms with Crippen LogP contribution in [0.5, 0.6) is 0 Å². The SMILES string of the molecule is Cc1cc(NC(=O)CN2CCCC(C)(O)C2)no1. The highest BCUT2D eigenvalue weighted by atomic mass is 16.5. The molecule has 1 amide bonds. The molecule has 1 atom stereocenters. The van der Waals surface area contributed by atoms with Crippen molar-refractivity contribution in [2.45, 2.75) is 32.3 Å². The first-order valence-corrected chi connectivity index (χ1v) is 6.12. The van der Waals surface area contributed by atoms with Crippen molar-refractivity contribution in [3.63, 3.8) is 0 Å². The quantitative estimate of drug-likeness (QED) is 0.831. The van der Waals surface area contributed by atoms with Gasteiger partial charge in [-0.05, 0) is 33.2 Å². The first kappa shape index (κ1) is 13.0. The van der Waals surface area contributed by atoms with Gasteiger partial charge in [-0.3, -0.25) is 9.69 Å². The Bertz CT molecular complexity index is 428. The summed E-state index contributed by atoms with van der Waals surface area (Å²) in [6.07, 6.45) is 1.69. The van der Waals surface area contributed by atoms with Crippen LogP contribution < -0.4 is 5.32 Å². The van der Waals surface area contributed by atoms with Crippen molar-refractivity contribution in [2.75, 3.05) is 25.0 Å². The van der Waals surface area contributed by atoms with Crippen LogP contribution in [0.1, 0.15) is 25.5 Å². The van der Waals surface area contributed by atoms with Crippen LogP contribution in [0.2, 0.25) is 0 Å². The summed E-state index contributed by atoms with van der Waals surface area (Å²) >= 11 is 0. The summed E-state index contributed by atoms with van der Waals surface area (Å²) in [5.74, 6) is 0.952. The van der Waals surface area contributed by atoms with E-state index in [0.29, 0.717) is 18.1 Å². The average molecular weight is 253 g/mol. The number of piperidine rings is 1. The fraction of sp³-hybridized carbons (Fsp3) is 0.667. The maximum absolute atomic E-state index is 11.8. The van der Waals surface area contributed by atoms with Crippen molar-refractivity contribution in [2.24, 2.45) is 0 Å². The lowest BCUT2D eigenvalue weighted by atomic mass is 9.95. The number of rotatable bonds is 3. The molecule has 0 radical (unpaired) electrons. The smallest absolute Gasteiger partial charge is 0.239 e. The number of carbonyl (C=O) groups is 1. The zero-order valence-electron chi connectivity index (χ0n) is 10.8. The minimum Gasteiger partial charge on any atom is -0.389 e. The Morgan fingerprint density at radius 2 is 2.50 bits per heavy atom. The fourth-order valence-electron chi connectivity index (χ4n) is 2.27. The monoisotopic (exact) mass is 253 g/mol. The molecule has 1 saturated heterocycles. The largest absolute Gasteiger partial charge is 0.389 e. The summed E-state index contributed by atoms with van der Waals surface area (Å²) in [6, 6.07) is 1.67. The van der Waals surface area contributed by atoms with Gasteiger partial charge in [0.05, 0.1) is 12.1 Å². The maximum Gasteiger partial charge on any atom is 0.239 e. The number of aryl methyl sites for hydroxylation is 1. The molecule has 6 heteroatoms. The minimum absolute atomic E-state index is 0.138. The molecular weight excluding hydrogens is 234 g/mol. The van der Waals surface area contributed by atoms with E-state index in [2.05, 4.69) is 10.5 Å². The normalized spacial score (nSPS) is 25.1. The number of nitrogens with one attached hydrogen (secondary N) is 1.